The third-order valence-corrected chi connectivity index (χ3v) is 5.96. The Bertz CT molecular complexity index is 637. The van der Waals surface area contributed by atoms with Gasteiger partial charge in [0.2, 0.25) is 0 Å². The van der Waals surface area contributed by atoms with E-state index in [1.54, 1.807) is 38.2 Å². The molecule has 2 rings (SSSR count). The molecular formula is C17H26N2O4S. The smallest absolute Gasteiger partial charge is 0.338 e. The average molecular weight is 354 g/mol. The van der Waals surface area contributed by atoms with E-state index in [0.717, 1.165) is 31.2 Å². The number of carbonyl (C=O) groups excluding carboxylic acids is 1. The molecule has 1 aliphatic rings. The van der Waals surface area contributed by atoms with Gasteiger partial charge in [-0.1, -0.05) is 31.4 Å². The van der Waals surface area contributed by atoms with Crippen molar-refractivity contribution in [2.24, 2.45) is 0 Å². The van der Waals surface area contributed by atoms with Crippen LogP contribution in [0.1, 0.15) is 54.9 Å². The minimum Gasteiger partial charge on any atom is -0.462 e. The second-order valence-electron chi connectivity index (χ2n) is 6.05. The maximum Gasteiger partial charge on any atom is 0.338 e. The SMILES string of the molecule is CCOC(=O)c1ccc(CNS(=O)(=O)N(C)C2CCCCC2)cc1. The number of benzene rings is 1. The summed E-state index contributed by atoms with van der Waals surface area (Å²) < 4.78 is 33.8. The van der Waals surface area contributed by atoms with E-state index in [1.807, 2.05) is 0 Å². The van der Waals surface area contributed by atoms with Crippen LogP contribution in [0.15, 0.2) is 24.3 Å². The van der Waals surface area contributed by atoms with Crippen LogP contribution in [0.3, 0.4) is 0 Å². The summed E-state index contributed by atoms with van der Waals surface area (Å²) in [6.07, 6.45) is 5.20. The summed E-state index contributed by atoms with van der Waals surface area (Å²) in [5.74, 6) is -0.373. The van der Waals surface area contributed by atoms with Crippen molar-refractivity contribution in [2.45, 2.75) is 51.6 Å². The summed E-state index contributed by atoms with van der Waals surface area (Å²) in [7, 11) is -1.86. The third kappa shape index (κ3) is 5.03. The summed E-state index contributed by atoms with van der Waals surface area (Å²) in [6.45, 7) is 2.28. The lowest BCUT2D eigenvalue weighted by Gasteiger charge is -2.30. The number of nitrogens with zero attached hydrogens (tertiary/aromatic N) is 1. The van der Waals surface area contributed by atoms with Gasteiger partial charge in [-0.3, -0.25) is 0 Å². The van der Waals surface area contributed by atoms with Crippen LogP contribution in [-0.2, 0) is 21.5 Å². The molecule has 0 unspecified atom stereocenters. The fourth-order valence-electron chi connectivity index (χ4n) is 2.89. The maximum atomic E-state index is 12.4. The summed E-state index contributed by atoms with van der Waals surface area (Å²) in [5.41, 5.74) is 1.26. The highest BCUT2D eigenvalue weighted by atomic mass is 32.2. The van der Waals surface area contributed by atoms with Gasteiger partial charge in [-0.05, 0) is 37.5 Å². The van der Waals surface area contributed by atoms with Crippen LogP contribution in [0.25, 0.3) is 0 Å². The van der Waals surface area contributed by atoms with E-state index in [2.05, 4.69) is 4.72 Å². The Labute approximate surface area is 144 Å². The molecule has 0 spiro atoms. The minimum atomic E-state index is -3.50. The Hall–Kier alpha value is -1.44. The van der Waals surface area contributed by atoms with E-state index in [-0.39, 0.29) is 18.6 Å². The van der Waals surface area contributed by atoms with Gasteiger partial charge in [0.25, 0.3) is 10.2 Å². The molecule has 0 aliphatic heterocycles. The monoisotopic (exact) mass is 354 g/mol. The van der Waals surface area contributed by atoms with Crippen LogP contribution in [-0.4, -0.2) is 38.4 Å². The highest BCUT2D eigenvalue weighted by molar-refractivity contribution is 7.87. The highest BCUT2D eigenvalue weighted by Crippen LogP contribution is 2.23. The molecule has 1 N–H and O–H groups in total. The summed E-state index contributed by atoms with van der Waals surface area (Å²) in [6, 6.07) is 6.84. The fourth-order valence-corrected chi connectivity index (χ4v) is 4.05. The molecule has 0 aromatic heterocycles. The highest BCUT2D eigenvalue weighted by Gasteiger charge is 2.27. The fraction of sp³-hybridized carbons (Fsp3) is 0.588. The van der Waals surface area contributed by atoms with E-state index < -0.39 is 10.2 Å². The molecule has 1 aromatic carbocycles. The number of hydrogen-bond acceptors (Lipinski definition) is 4. The zero-order valence-corrected chi connectivity index (χ0v) is 15.1. The Morgan fingerprint density at radius 3 is 2.42 bits per heavy atom. The lowest BCUT2D eigenvalue weighted by atomic mass is 9.96. The number of nitrogens with one attached hydrogen (secondary N) is 1. The van der Waals surface area contributed by atoms with Gasteiger partial charge < -0.3 is 4.74 Å². The lowest BCUT2D eigenvalue weighted by molar-refractivity contribution is 0.0526. The molecule has 134 valence electrons. The number of carbonyl (C=O) groups is 1. The Morgan fingerprint density at radius 1 is 1.21 bits per heavy atom. The van der Waals surface area contributed by atoms with E-state index >= 15 is 0 Å². The lowest BCUT2D eigenvalue weighted by Crippen LogP contribution is -2.44. The third-order valence-electron chi connectivity index (χ3n) is 4.39. The van der Waals surface area contributed by atoms with Gasteiger partial charge in [0, 0.05) is 19.6 Å². The van der Waals surface area contributed by atoms with Crippen LogP contribution in [0.5, 0.6) is 0 Å². The molecule has 0 heterocycles. The van der Waals surface area contributed by atoms with Crippen molar-refractivity contribution in [1.29, 1.82) is 0 Å². The van der Waals surface area contributed by atoms with Crippen LogP contribution in [0.4, 0.5) is 0 Å². The first kappa shape index (κ1) is 18.9. The van der Waals surface area contributed by atoms with Gasteiger partial charge in [-0.2, -0.15) is 17.4 Å². The predicted octanol–water partition coefficient (Wildman–Crippen LogP) is 2.46. The Morgan fingerprint density at radius 2 is 1.83 bits per heavy atom. The summed E-state index contributed by atoms with van der Waals surface area (Å²) >= 11 is 0. The Balaban J connectivity index is 1.92. The average Bonchev–Trinajstić information content (AvgIpc) is 2.61. The second-order valence-corrected chi connectivity index (χ2v) is 7.87. The Kier molecular flexibility index (Phi) is 6.77. The van der Waals surface area contributed by atoms with Gasteiger partial charge >= 0.3 is 5.97 Å². The van der Waals surface area contributed by atoms with Gasteiger partial charge in [0.15, 0.2) is 0 Å². The first-order chi connectivity index (χ1) is 11.4. The van der Waals surface area contributed by atoms with Crippen LogP contribution in [0.2, 0.25) is 0 Å². The van der Waals surface area contributed by atoms with E-state index in [4.69, 9.17) is 4.74 Å². The molecule has 0 amide bonds. The van der Waals surface area contributed by atoms with Crippen LogP contribution in [0, 0.1) is 0 Å². The zero-order chi connectivity index (χ0) is 17.6. The predicted molar refractivity (Wildman–Crippen MR) is 92.8 cm³/mol. The molecule has 1 fully saturated rings. The van der Waals surface area contributed by atoms with E-state index in [1.165, 1.54) is 10.7 Å². The van der Waals surface area contributed by atoms with Gasteiger partial charge in [0.05, 0.1) is 12.2 Å². The second kappa shape index (κ2) is 8.60. The minimum absolute atomic E-state index is 0.0856. The van der Waals surface area contributed by atoms with Gasteiger partial charge in [-0.25, -0.2) is 4.79 Å². The van der Waals surface area contributed by atoms with Gasteiger partial charge in [-0.15, -0.1) is 0 Å². The van der Waals surface area contributed by atoms with Crippen LogP contribution < -0.4 is 4.72 Å². The van der Waals surface area contributed by atoms with Gasteiger partial charge in [0.1, 0.15) is 0 Å². The van der Waals surface area contributed by atoms with Crippen molar-refractivity contribution in [1.82, 2.24) is 9.03 Å². The molecule has 0 saturated heterocycles. The van der Waals surface area contributed by atoms with Crippen molar-refractivity contribution < 1.29 is 17.9 Å². The molecular weight excluding hydrogens is 328 g/mol. The zero-order valence-electron chi connectivity index (χ0n) is 14.3. The quantitative estimate of drug-likeness (QED) is 0.763. The number of hydrogen-bond donors (Lipinski definition) is 1. The topological polar surface area (TPSA) is 75.7 Å². The van der Waals surface area contributed by atoms with Crippen molar-refractivity contribution in [3.05, 3.63) is 35.4 Å². The van der Waals surface area contributed by atoms with Crippen molar-refractivity contribution >= 4 is 16.2 Å². The molecule has 6 nitrogen and oxygen atoms in total. The largest absolute Gasteiger partial charge is 0.462 e. The maximum absolute atomic E-state index is 12.4. The van der Waals surface area contributed by atoms with E-state index in [9.17, 15) is 13.2 Å². The molecule has 0 bridgehead atoms. The molecule has 1 aromatic rings. The number of ether oxygens (including phenoxy) is 1. The summed E-state index contributed by atoms with van der Waals surface area (Å²) in [5, 5.41) is 0. The molecule has 24 heavy (non-hydrogen) atoms. The van der Waals surface area contributed by atoms with Crippen molar-refractivity contribution in [2.75, 3.05) is 13.7 Å². The van der Waals surface area contributed by atoms with Crippen LogP contribution >= 0.6 is 0 Å². The molecule has 1 aliphatic carbocycles. The first-order valence-corrected chi connectivity index (χ1v) is 9.86. The van der Waals surface area contributed by atoms with E-state index in [0.29, 0.717) is 12.2 Å². The normalized spacial score (nSPS) is 16.3. The molecule has 1 saturated carbocycles. The molecule has 0 radical (unpaired) electrons. The number of esters is 1. The van der Waals surface area contributed by atoms with Crippen molar-refractivity contribution in [3.63, 3.8) is 0 Å². The molecule has 0 atom stereocenters. The first-order valence-electron chi connectivity index (χ1n) is 8.42. The standard InChI is InChI=1S/C17H26N2O4S/c1-3-23-17(20)15-11-9-14(10-12-15)13-18-24(21,22)19(2)16-7-5-4-6-8-16/h9-12,16,18H,3-8,13H2,1-2H3. The summed E-state index contributed by atoms with van der Waals surface area (Å²) in [4.78, 5) is 11.6. The molecule has 7 heteroatoms. The number of rotatable bonds is 7. The van der Waals surface area contributed by atoms with Crippen molar-refractivity contribution in [3.8, 4) is 0 Å².